The van der Waals surface area contributed by atoms with Crippen LogP contribution < -0.4 is 15.0 Å². The van der Waals surface area contributed by atoms with Crippen molar-refractivity contribution < 1.29 is 37.7 Å². The number of likely N-dealkylation sites (tertiary alicyclic amines) is 2. The Bertz CT molecular complexity index is 3120. The first-order chi connectivity index (χ1) is 33.9. The van der Waals surface area contributed by atoms with Crippen LogP contribution in [0.5, 0.6) is 11.8 Å². The molecule has 1 unspecified atom stereocenters. The van der Waals surface area contributed by atoms with Crippen LogP contribution in [-0.2, 0) is 32.6 Å². The van der Waals surface area contributed by atoms with E-state index in [1.165, 1.54) is 17.7 Å². The van der Waals surface area contributed by atoms with E-state index in [0.717, 1.165) is 62.4 Å². The SMILES string of the molecule is CCc1c(F)ccc2cc(O)cc(-c3ncc4c(N5CCC[C@]6(CCO6)C5)nc(OCC5(CN6CC(C(=O)N7CCC(c8ccc9c(C%10CCC(=O)NC%10=O)nn(C)c9c8)CC7)C6)CC5)nc4c3F)c12. The number of hydrogen-bond acceptors (Lipinski definition) is 12. The number of hydrogen-bond donors (Lipinski definition) is 2. The van der Waals surface area contributed by atoms with E-state index in [9.17, 15) is 19.5 Å². The number of phenolic OH excluding ortho intramolecular Hbond substituents is 1. The summed E-state index contributed by atoms with van der Waals surface area (Å²) >= 11 is 0. The fourth-order valence-corrected chi connectivity index (χ4v) is 12.1. The first-order valence-electron chi connectivity index (χ1n) is 25.0. The van der Waals surface area contributed by atoms with Crippen molar-refractivity contribution in [2.75, 3.05) is 63.9 Å². The minimum atomic E-state index is -0.703. The molecule has 3 amide bonds. The summed E-state index contributed by atoms with van der Waals surface area (Å²) in [4.78, 5) is 59.0. The molecule has 5 saturated heterocycles. The number of amides is 3. The van der Waals surface area contributed by atoms with Gasteiger partial charge >= 0.3 is 6.01 Å². The first kappa shape index (κ1) is 44.8. The number of phenols is 1. The van der Waals surface area contributed by atoms with E-state index in [1.54, 1.807) is 18.3 Å². The third kappa shape index (κ3) is 7.89. The van der Waals surface area contributed by atoms with Gasteiger partial charge in [-0.1, -0.05) is 25.1 Å². The number of imide groups is 1. The average Bonchev–Trinajstić information content (AvgIpc) is 4.04. The minimum Gasteiger partial charge on any atom is -0.508 e. The van der Waals surface area contributed by atoms with Crippen LogP contribution in [0.25, 0.3) is 43.8 Å². The lowest BCUT2D eigenvalue weighted by Gasteiger charge is -2.48. The Morgan fingerprint density at radius 1 is 0.986 bits per heavy atom. The zero-order valence-electron chi connectivity index (χ0n) is 39.6. The summed E-state index contributed by atoms with van der Waals surface area (Å²) in [5.74, 6) is -1.18. The Hall–Kier alpha value is -6.33. The number of carbonyl (C=O) groups excluding carboxylic acids is 3. The Labute approximate surface area is 403 Å². The van der Waals surface area contributed by atoms with E-state index < -0.39 is 17.6 Å². The zero-order chi connectivity index (χ0) is 48.1. The monoisotopic (exact) mass is 953 g/mol. The lowest BCUT2D eigenvalue weighted by atomic mass is 9.86. The fraction of sp³-hybridized carbons (Fsp3) is 0.491. The molecule has 0 radical (unpaired) electrons. The molecular weight excluding hydrogens is 897 g/mol. The molecular formula is C53H57F2N9O6. The van der Waals surface area contributed by atoms with Gasteiger partial charge in [-0.2, -0.15) is 15.1 Å². The summed E-state index contributed by atoms with van der Waals surface area (Å²) < 4.78 is 46.8. The molecule has 1 aliphatic carbocycles. The highest BCUT2D eigenvalue weighted by Crippen LogP contribution is 2.48. The normalized spacial score (nSPS) is 23.0. The molecule has 364 valence electrons. The standard InChI is InChI=1S/C53H57F2N9O6/c1-3-35-40(54)9-6-32-21-34(65)23-38(43(32)35)46-44(55)47-39(24-56-46)48(64-17-4-13-53(28-64)16-20-70-53)59-51(58-47)69-29-52(14-15-52)27-62-25-33(26-62)50(68)63-18-11-30(12-19-63)31-5-7-36-41(22-31)61(2)60-45(36)37-8-10-42(66)57-49(37)67/h5-7,9,21-24,30,33,37,65H,3-4,8,10-20,25-29H2,1-2H3,(H,57,66,67)/t37?,53-/m0/s1. The number of rotatable bonds is 11. The van der Waals surface area contributed by atoms with Gasteiger partial charge in [0.25, 0.3) is 0 Å². The maximum absolute atomic E-state index is 17.2. The van der Waals surface area contributed by atoms with Crippen molar-refractivity contribution in [3.8, 4) is 23.0 Å². The lowest BCUT2D eigenvalue weighted by molar-refractivity contribution is -0.151. The van der Waals surface area contributed by atoms with Crippen LogP contribution in [0, 0.1) is 23.0 Å². The molecule has 70 heavy (non-hydrogen) atoms. The van der Waals surface area contributed by atoms with Gasteiger partial charge in [-0.05, 0) is 103 Å². The van der Waals surface area contributed by atoms with Gasteiger partial charge in [0, 0.05) is 88.3 Å². The Morgan fingerprint density at radius 2 is 1.80 bits per heavy atom. The van der Waals surface area contributed by atoms with Crippen molar-refractivity contribution in [3.05, 3.63) is 77.1 Å². The molecule has 5 aliphatic heterocycles. The molecule has 6 fully saturated rings. The number of aromatic nitrogens is 5. The molecule has 17 heteroatoms. The number of aryl methyl sites for hydroxylation is 2. The second-order valence-corrected chi connectivity index (χ2v) is 20.9. The summed E-state index contributed by atoms with van der Waals surface area (Å²) in [5, 5.41) is 20.4. The Morgan fingerprint density at radius 3 is 2.54 bits per heavy atom. The molecule has 12 rings (SSSR count). The van der Waals surface area contributed by atoms with Crippen LogP contribution in [0.15, 0.2) is 48.7 Å². The molecule has 2 N–H and O–H groups in total. The molecule has 1 saturated carbocycles. The number of carbonyl (C=O) groups is 3. The zero-order valence-corrected chi connectivity index (χ0v) is 39.6. The summed E-state index contributed by atoms with van der Waals surface area (Å²) in [6.07, 6.45) is 9.11. The van der Waals surface area contributed by atoms with Gasteiger partial charge in [0.15, 0.2) is 5.82 Å². The summed E-state index contributed by atoms with van der Waals surface area (Å²) in [7, 11) is 1.89. The quantitative estimate of drug-likeness (QED) is 0.127. The topological polar surface area (TPSA) is 168 Å². The van der Waals surface area contributed by atoms with Gasteiger partial charge in [0.05, 0.1) is 47.2 Å². The third-order valence-corrected chi connectivity index (χ3v) is 16.3. The molecule has 1 spiro atoms. The smallest absolute Gasteiger partial charge is 0.319 e. The number of anilines is 1. The van der Waals surface area contributed by atoms with Crippen LogP contribution in [0.4, 0.5) is 14.6 Å². The molecule has 3 aromatic carbocycles. The number of fused-ring (bicyclic) bond motifs is 3. The maximum atomic E-state index is 17.2. The number of nitrogens with zero attached hydrogens (tertiary/aromatic N) is 8. The van der Waals surface area contributed by atoms with E-state index in [-0.39, 0.29) is 63.2 Å². The Kier molecular flexibility index (Phi) is 11.0. The molecule has 2 atom stereocenters. The van der Waals surface area contributed by atoms with E-state index in [2.05, 4.69) is 38.3 Å². The number of nitrogens with one attached hydrogen (secondary N) is 1. The highest BCUT2D eigenvalue weighted by Gasteiger charge is 2.49. The van der Waals surface area contributed by atoms with Gasteiger partial charge < -0.3 is 29.3 Å². The summed E-state index contributed by atoms with van der Waals surface area (Å²) in [6.45, 7) is 7.75. The van der Waals surface area contributed by atoms with Gasteiger partial charge in [-0.15, -0.1) is 0 Å². The number of pyridine rings is 1. The van der Waals surface area contributed by atoms with E-state index >= 15 is 8.78 Å². The predicted octanol–water partition coefficient (Wildman–Crippen LogP) is 7.05. The van der Waals surface area contributed by atoms with Crippen LogP contribution in [0.1, 0.15) is 93.4 Å². The van der Waals surface area contributed by atoms with Crippen molar-refractivity contribution in [2.45, 2.75) is 88.6 Å². The molecule has 8 heterocycles. The van der Waals surface area contributed by atoms with E-state index in [4.69, 9.17) is 24.5 Å². The first-order valence-corrected chi connectivity index (χ1v) is 25.0. The van der Waals surface area contributed by atoms with Crippen molar-refractivity contribution in [1.29, 1.82) is 0 Å². The number of aromatic hydroxyl groups is 1. The van der Waals surface area contributed by atoms with E-state index in [0.29, 0.717) is 111 Å². The van der Waals surface area contributed by atoms with Gasteiger partial charge in [0.1, 0.15) is 28.6 Å². The van der Waals surface area contributed by atoms with Gasteiger partial charge in [0.2, 0.25) is 17.7 Å². The third-order valence-electron chi connectivity index (χ3n) is 16.3. The number of piperidine rings is 3. The second kappa shape index (κ2) is 17.2. The van der Waals surface area contributed by atoms with Gasteiger partial charge in [-0.25, -0.2) is 8.78 Å². The number of halogens is 2. The molecule has 0 bridgehead atoms. The van der Waals surface area contributed by atoms with E-state index in [1.807, 2.05) is 23.6 Å². The lowest BCUT2D eigenvalue weighted by Crippen LogP contribution is -2.56. The molecule has 15 nitrogen and oxygen atoms in total. The second-order valence-electron chi connectivity index (χ2n) is 20.9. The average molecular weight is 954 g/mol. The van der Waals surface area contributed by atoms with Crippen molar-refractivity contribution in [1.82, 2.24) is 39.8 Å². The van der Waals surface area contributed by atoms with Crippen LogP contribution >= 0.6 is 0 Å². The van der Waals surface area contributed by atoms with Crippen LogP contribution in [-0.4, -0.2) is 122 Å². The minimum absolute atomic E-state index is 0.0400. The van der Waals surface area contributed by atoms with Crippen LogP contribution in [0.2, 0.25) is 0 Å². The fourth-order valence-electron chi connectivity index (χ4n) is 12.1. The Balaban J connectivity index is 0.715. The highest BCUT2D eigenvalue weighted by atomic mass is 19.1. The molecule has 6 aliphatic rings. The summed E-state index contributed by atoms with van der Waals surface area (Å²) in [6, 6.07) is 12.3. The number of ether oxygens (including phenoxy) is 2. The van der Waals surface area contributed by atoms with Crippen molar-refractivity contribution in [3.63, 3.8) is 0 Å². The van der Waals surface area contributed by atoms with Crippen molar-refractivity contribution >= 4 is 56.1 Å². The predicted molar refractivity (Wildman–Crippen MR) is 257 cm³/mol. The summed E-state index contributed by atoms with van der Waals surface area (Å²) in [5.41, 5.74) is 3.16. The maximum Gasteiger partial charge on any atom is 0.319 e. The number of benzene rings is 3. The molecule has 3 aromatic heterocycles. The highest BCUT2D eigenvalue weighted by molar-refractivity contribution is 6.03. The molecule has 6 aromatic rings. The largest absolute Gasteiger partial charge is 0.508 e. The van der Waals surface area contributed by atoms with Gasteiger partial charge in [-0.3, -0.25) is 29.4 Å². The van der Waals surface area contributed by atoms with Crippen molar-refractivity contribution in [2.24, 2.45) is 18.4 Å². The van der Waals surface area contributed by atoms with Crippen LogP contribution in [0.3, 0.4) is 0 Å².